The number of carbonyl (C=O) groups excluding carboxylic acids is 1. The first-order chi connectivity index (χ1) is 28.6. The number of hydrogen-bond donors (Lipinski definition) is 1. The van der Waals surface area contributed by atoms with Crippen LogP contribution in [0.25, 0.3) is 0 Å². The Hall–Kier alpha value is -0.380. The lowest BCUT2D eigenvalue weighted by atomic mass is 9.82. The molecule has 64 heavy (non-hydrogen) atoms. The third kappa shape index (κ3) is 119. The van der Waals surface area contributed by atoms with Crippen LogP contribution in [0.4, 0.5) is 0 Å². The highest BCUT2D eigenvalue weighted by molar-refractivity contribution is 7.99. The molecule has 2 heterocycles. The Morgan fingerprint density at radius 3 is 0.938 bits per heavy atom. The summed E-state index contributed by atoms with van der Waals surface area (Å²) in [6.45, 7) is 75.0. The monoisotopic (exact) mass is 942 g/mol. The van der Waals surface area contributed by atoms with Crippen molar-refractivity contribution in [2.45, 2.75) is 296 Å². The van der Waals surface area contributed by atoms with E-state index in [-0.39, 0.29) is 29.1 Å². The molecule has 0 bridgehead atoms. The van der Waals surface area contributed by atoms with Crippen molar-refractivity contribution in [2.75, 3.05) is 26.5 Å². The highest BCUT2D eigenvalue weighted by Crippen LogP contribution is 2.38. The van der Waals surface area contributed by atoms with E-state index in [9.17, 15) is 4.79 Å². The van der Waals surface area contributed by atoms with Crippen molar-refractivity contribution in [1.82, 2.24) is 15.3 Å². The fourth-order valence-electron chi connectivity index (χ4n) is 3.60. The smallest absolute Gasteiger partial charge is 0.219 e. The minimum absolute atomic E-state index is 0.125. The molecule has 1 N–H and O–H groups in total. The van der Waals surface area contributed by atoms with Crippen LogP contribution < -0.4 is 5.32 Å². The predicted molar refractivity (Wildman–Crippen MR) is 300 cm³/mol. The Labute approximate surface area is 414 Å². The molecule has 2 aliphatic heterocycles. The number of ether oxygens (including phenoxy) is 2. The van der Waals surface area contributed by atoms with Gasteiger partial charge in [-0.2, -0.15) is 16.8 Å². The summed E-state index contributed by atoms with van der Waals surface area (Å²) >= 11 is 1.88. The van der Waals surface area contributed by atoms with Crippen LogP contribution in [0, 0.1) is 41.4 Å². The molecule has 0 aromatic carbocycles. The van der Waals surface area contributed by atoms with Crippen molar-refractivity contribution in [2.24, 2.45) is 41.4 Å². The Morgan fingerprint density at radius 2 is 0.797 bits per heavy atom. The van der Waals surface area contributed by atoms with Gasteiger partial charge in [0, 0.05) is 29.6 Å². The second kappa shape index (κ2) is 55.2. The Bertz CT molecular complexity index is 755. The van der Waals surface area contributed by atoms with Gasteiger partial charge in [0.05, 0.1) is 6.10 Å². The molecule has 0 aromatic heterocycles. The van der Waals surface area contributed by atoms with Gasteiger partial charge in [0.15, 0.2) is 0 Å². The van der Waals surface area contributed by atoms with Crippen LogP contribution in [-0.2, 0) is 19.1 Å². The minimum atomic E-state index is 0.125. The SMILES string of the molecule is CC(C)C.CC(C)C.CC(C)C.CC(C)C.CC(C)C.CC(C)C.CC(C)C.CC(C)N1COCOC1.CC(C)ON1C(C)(C)CCCC1(C)C.CCC(=O)NC(C)C.CSC(C)C. The van der Waals surface area contributed by atoms with E-state index in [0.717, 1.165) is 46.7 Å². The van der Waals surface area contributed by atoms with E-state index in [0.29, 0.717) is 32.7 Å². The number of piperidine rings is 1. The van der Waals surface area contributed by atoms with E-state index in [1.165, 1.54) is 19.3 Å². The number of thioether (sulfide) groups is 1. The van der Waals surface area contributed by atoms with E-state index < -0.39 is 0 Å². The molecule has 2 rings (SSSR count). The summed E-state index contributed by atoms with van der Waals surface area (Å²) in [6.07, 6.45) is 6.72. The molecule has 0 aromatic rings. The van der Waals surface area contributed by atoms with E-state index in [2.05, 4.69) is 236 Å². The highest BCUT2D eigenvalue weighted by Gasteiger charge is 2.42. The van der Waals surface area contributed by atoms with Crippen molar-refractivity contribution in [1.29, 1.82) is 0 Å². The lowest BCUT2D eigenvalue weighted by Crippen LogP contribution is -2.58. The van der Waals surface area contributed by atoms with Crippen LogP contribution in [0.5, 0.6) is 0 Å². The average molecular weight is 943 g/mol. The van der Waals surface area contributed by atoms with Gasteiger partial charge in [0.2, 0.25) is 5.91 Å². The molecule has 0 spiro atoms. The Kier molecular flexibility index (Phi) is 72.1. The van der Waals surface area contributed by atoms with Gasteiger partial charge in [-0.3, -0.25) is 14.5 Å². The van der Waals surface area contributed by atoms with Crippen molar-refractivity contribution >= 4 is 17.7 Å². The van der Waals surface area contributed by atoms with Gasteiger partial charge in [-0.15, -0.1) is 0 Å². The molecule has 2 fully saturated rings. The van der Waals surface area contributed by atoms with Gasteiger partial charge in [-0.05, 0) is 141 Å². The standard InChI is InChI=1S/C12H25NO.C6H13NO2.C6H13NO.C4H10S.7C4H10/c1-10(2)14-13-11(3,4)8-7-9-12(13,5)6;1-6(2)7-3-8-5-9-4-7;1-4-6(8)7-5(2)3;1-4(2)5-3;7*1-4(2)3/h10H,7-9H2,1-6H3;6H,3-5H2,1-2H3;5H,4H2,1-3H3,(H,7,8);4H,1-3H3;7*4H,1-3H3. The summed E-state index contributed by atoms with van der Waals surface area (Å²) in [7, 11) is 0. The van der Waals surface area contributed by atoms with Crippen molar-refractivity contribution < 1.29 is 19.1 Å². The number of hydrogen-bond acceptors (Lipinski definition) is 7. The average Bonchev–Trinajstić information content (AvgIpc) is 3.05. The molecule has 0 saturated carbocycles. The maximum atomic E-state index is 10.5. The second-order valence-corrected chi connectivity index (χ2v) is 25.3. The second-order valence-electron chi connectivity index (χ2n) is 23.9. The zero-order chi connectivity index (χ0) is 53.6. The molecular formula is C56H131N3O4S. The fourth-order valence-corrected chi connectivity index (χ4v) is 3.60. The van der Waals surface area contributed by atoms with Crippen LogP contribution in [0.3, 0.4) is 0 Å². The molecule has 2 saturated heterocycles. The number of carbonyl (C=O) groups is 1. The molecular weight excluding hydrogens is 811 g/mol. The summed E-state index contributed by atoms with van der Waals surface area (Å²) in [6, 6.07) is 0.799. The van der Waals surface area contributed by atoms with Gasteiger partial charge >= 0.3 is 0 Å². The molecule has 8 heteroatoms. The van der Waals surface area contributed by atoms with Gasteiger partial charge in [0.1, 0.15) is 20.3 Å². The molecule has 0 unspecified atom stereocenters. The van der Waals surface area contributed by atoms with E-state index in [1.807, 2.05) is 32.5 Å². The Morgan fingerprint density at radius 1 is 0.547 bits per heavy atom. The molecule has 2 aliphatic rings. The number of amides is 1. The van der Waals surface area contributed by atoms with E-state index in [4.69, 9.17) is 14.3 Å². The first kappa shape index (κ1) is 83.6. The largest absolute Gasteiger partial charge is 0.354 e. The maximum Gasteiger partial charge on any atom is 0.219 e. The first-order valence-corrected chi connectivity index (χ1v) is 27.1. The number of nitrogens with zero attached hydrogens (tertiary/aromatic N) is 2. The molecule has 0 radical (unpaired) electrons. The molecule has 400 valence electrons. The summed E-state index contributed by atoms with van der Waals surface area (Å²) in [4.78, 5) is 18.6. The van der Waals surface area contributed by atoms with Crippen LogP contribution in [0.2, 0.25) is 0 Å². The van der Waals surface area contributed by atoms with Crippen molar-refractivity contribution in [3.8, 4) is 0 Å². The number of hydroxylamine groups is 2. The third-order valence-electron chi connectivity index (χ3n) is 5.65. The lowest BCUT2D eigenvalue weighted by Gasteiger charge is -2.52. The van der Waals surface area contributed by atoms with Gasteiger partial charge in [0.25, 0.3) is 0 Å². The molecule has 7 nitrogen and oxygen atoms in total. The molecule has 1 amide bonds. The molecule has 0 aliphatic carbocycles. The van der Waals surface area contributed by atoms with Crippen molar-refractivity contribution in [3.05, 3.63) is 0 Å². The van der Waals surface area contributed by atoms with Crippen LogP contribution in [-0.4, -0.2) is 76.9 Å². The predicted octanol–water partition coefficient (Wildman–Crippen LogP) is 18.3. The van der Waals surface area contributed by atoms with Crippen LogP contribution in [0.15, 0.2) is 0 Å². The molecule has 0 atom stereocenters. The number of rotatable bonds is 6. The fraction of sp³-hybridized carbons (Fsp3) is 0.982. The third-order valence-corrected chi connectivity index (χ3v) is 6.59. The quantitative estimate of drug-likeness (QED) is 0.285. The van der Waals surface area contributed by atoms with Gasteiger partial charge in [-0.25, -0.2) is 0 Å². The van der Waals surface area contributed by atoms with Crippen LogP contribution in [0.1, 0.15) is 261 Å². The normalized spacial score (nSPS) is 15.0. The number of nitrogens with one attached hydrogen (secondary N) is 1. The zero-order valence-corrected chi connectivity index (χ0v) is 52.1. The van der Waals surface area contributed by atoms with Crippen molar-refractivity contribution in [3.63, 3.8) is 0 Å². The van der Waals surface area contributed by atoms with Crippen LogP contribution >= 0.6 is 11.8 Å². The maximum absolute atomic E-state index is 10.5. The topological polar surface area (TPSA) is 63.3 Å². The summed E-state index contributed by atoms with van der Waals surface area (Å²) < 4.78 is 10.1. The van der Waals surface area contributed by atoms with Gasteiger partial charge in [-0.1, -0.05) is 166 Å². The zero-order valence-electron chi connectivity index (χ0n) is 51.2. The highest BCUT2D eigenvalue weighted by atomic mass is 32.2. The van der Waals surface area contributed by atoms with E-state index >= 15 is 0 Å². The minimum Gasteiger partial charge on any atom is -0.354 e. The summed E-state index contributed by atoms with van der Waals surface area (Å²) in [5.41, 5.74) is 0.345. The van der Waals surface area contributed by atoms with E-state index in [1.54, 1.807) is 0 Å². The Balaban J connectivity index is -0.0000000775. The first-order valence-electron chi connectivity index (χ1n) is 25.8. The van der Waals surface area contributed by atoms with Gasteiger partial charge < -0.3 is 14.8 Å². The lowest BCUT2D eigenvalue weighted by molar-refractivity contribution is -0.298. The summed E-state index contributed by atoms with van der Waals surface area (Å²) in [5, 5.41) is 5.77. The summed E-state index contributed by atoms with van der Waals surface area (Å²) in [5.74, 6) is 5.96.